The summed E-state index contributed by atoms with van der Waals surface area (Å²) < 4.78 is 1.48. The highest BCUT2D eigenvalue weighted by Crippen LogP contribution is 2.08. The maximum atomic E-state index is 11.9. The van der Waals surface area contributed by atoms with Crippen LogP contribution in [0, 0.1) is 0 Å². The van der Waals surface area contributed by atoms with Gasteiger partial charge < -0.3 is 0 Å². The first-order chi connectivity index (χ1) is 8.16. The van der Waals surface area contributed by atoms with Crippen molar-refractivity contribution in [3.05, 3.63) is 59.9 Å². The van der Waals surface area contributed by atoms with Crippen LogP contribution in [-0.4, -0.2) is 16.3 Å². The molecule has 2 aromatic rings. The molecular formula is C14H13NO2. The first-order valence-electron chi connectivity index (χ1n) is 5.43. The lowest BCUT2D eigenvalue weighted by Crippen LogP contribution is -2.04. The van der Waals surface area contributed by atoms with Crippen molar-refractivity contribution in [3.63, 3.8) is 0 Å². The highest BCUT2D eigenvalue weighted by atomic mass is 16.1. The molecule has 0 fully saturated rings. The predicted molar refractivity (Wildman–Crippen MR) is 65.2 cm³/mol. The second-order valence-electron chi connectivity index (χ2n) is 3.91. The Bertz CT molecular complexity index is 540. The van der Waals surface area contributed by atoms with E-state index in [1.807, 2.05) is 18.2 Å². The largest absolute Gasteiger partial charge is 0.295 e. The second kappa shape index (κ2) is 4.78. The van der Waals surface area contributed by atoms with Crippen LogP contribution in [0.1, 0.15) is 27.6 Å². The van der Waals surface area contributed by atoms with Crippen LogP contribution < -0.4 is 0 Å². The van der Waals surface area contributed by atoms with Crippen LogP contribution in [0.25, 0.3) is 0 Å². The third-order valence-electron chi connectivity index (χ3n) is 2.58. The Kier molecular flexibility index (Phi) is 3.19. The van der Waals surface area contributed by atoms with Crippen molar-refractivity contribution in [3.8, 4) is 0 Å². The predicted octanol–water partition coefficient (Wildman–Crippen LogP) is 2.57. The summed E-state index contributed by atoms with van der Waals surface area (Å²) in [7, 11) is 0. The van der Waals surface area contributed by atoms with Gasteiger partial charge in [-0.15, -0.1) is 0 Å². The molecule has 0 saturated heterocycles. The summed E-state index contributed by atoms with van der Waals surface area (Å²) in [4.78, 5) is 23.0. The molecule has 0 bridgehead atoms. The van der Waals surface area contributed by atoms with Gasteiger partial charge in [-0.1, -0.05) is 30.3 Å². The van der Waals surface area contributed by atoms with Gasteiger partial charge in [-0.3, -0.25) is 14.2 Å². The lowest BCUT2D eigenvalue weighted by atomic mass is 10.1. The number of hydrogen-bond donors (Lipinski definition) is 0. The SMILES string of the molecule is CC(=O)n1ccc(CC(=O)c2ccccc2)c1. The lowest BCUT2D eigenvalue weighted by Gasteiger charge is -1.98. The van der Waals surface area contributed by atoms with E-state index in [1.165, 1.54) is 11.5 Å². The second-order valence-corrected chi connectivity index (χ2v) is 3.91. The van der Waals surface area contributed by atoms with Gasteiger partial charge in [-0.05, 0) is 11.6 Å². The molecule has 0 radical (unpaired) electrons. The van der Waals surface area contributed by atoms with Crippen LogP contribution in [0.4, 0.5) is 0 Å². The van der Waals surface area contributed by atoms with Crippen LogP contribution in [0.3, 0.4) is 0 Å². The molecule has 0 aliphatic rings. The third-order valence-corrected chi connectivity index (χ3v) is 2.58. The van der Waals surface area contributed by atoms with Crippen molar-refractivity contribution in [2.45, 2.75) is 13.3 Å². The normalized spacial score (nSPS) is 10.2. The molecular weight excluding hydrogens is 214 g/mol. The van der Waals surface area contributed by atoms with E-state index in [-0.39, 0.29) is 11.7 Å². The third kappa shape index (κ3) is 2.69. The minimum Gasteiger partial charge on any atom is -0.295 e. The topological polar surface area (TPSA) is 39.1 Å². The van der Waals surface area contributed by atoms with Gasteiger partial charge >= 0.3 is 0 Å². The van der Waals surface area contributed by atoms with Crippen molar-refractivity contribution in [1.82, 2.24) is 4.57 Å². The molecule has 2 rings (SSSR count). The van der Waals surface area contributed by atoms with Crippen LogP contribution in [-0.2, 0) is 6.42 Å². The summed E-state index contributed by atoms with van der Waals surface area (Å²) in [5.74, 6) is 0.00955. The summed E-state index contributed by atoms with van der Waals surface area (Å²) in [6.07, 6.45) is 3.70. The molecule has 0 amide bonds. The summed E-state index contributed by atoms with van der Waals surface area (Å²) in [5, 5.41) is 0. The zero-order chi connectivity index (χ0) is 12.3. The molecule has 3 heteroatoms. The Hall–Kier alpha value is -2.16. The number of hydrogen-bond acceptors (Lipinski definition) is 2. The van der Waals surface area contributed by atoms with Gasteiger partial charge in [0.15, 0.2) is 5.78 Å². The van der Waals surface area contributed by atoms with Gasteiger partial charge in [0.05, 0.1) is 0 Å². The van der Waals surface area contributed by atoms with Gasteiger partial charge in [0.25, 0.3) is 0 Å². The number of aromatic nitrogens is 1. The number of benzene rings is 1. The Morgan fingerprint density at radius 3 is 2.41 bits per heavy atom. The number of Topliss-reactive ketones (excluding diaryl/α,β-unsaturated/α-hetero) is 1. The number of nitrogens with zero attached hydrogens (tertiary/aromatic N) is 1. The van der Waals surface area contributed by atoms with Crippen LogP contribution in [0.5, 0.6) is 0 Å². The van der Waals surface area contributed by atoms with Crippen LogP contribution >= 0.6 is 0 Å². The average molecular weight is 227 g/mol. The number of ketones is 1. The van der Waals surface area contributed by atoms with E-state index >= 15 is 0 Å². The Morgan fingerprint density at radius 1 is 1.12 bits per heavy atom. The highest BCUT2D eigenvalue weighted by molar-refractivity contribution is 5.97. The van der Waals surface area contributed by atoms with E-state index in [4.69, 9.17) is 0 Å². The van der Waals surface area contributed by atoms with E-state index in [9.17, 15) is 9.59 Å². The van der Waals surface area contributed by atoms with Crippen molar-refractivity contribution in [2.24, 2.45) is 0 Å². The van der Waals surface area contributed by atoms with Crippen LogP contribution in [0.2, 0.25) is 0 Å². The number of carbonyl (C=O) groups is 2. The van der Waals surface area contributed by atoms with Gasteiger partial charge in [-0.25, -0.2) is 0 Å². The maximum Gasteiger partial charge on any atom is 0.227 e. The molecule has 1 aromatic heterocycles. The van der Waals surface area contributed by atoms with Gasteiger partial charge in [0, 0.05) is 31.3 Å². The quantitative estimate of drug-likeness (QED) is 0.756. The summed E-state index contributed by atoms with van der Waals surface area (Å²) in [6, 6.07) is 10.9. The molecule has 0 aliphatic heterocycles. The van der Waals surface area contributed by atoms with E-state index in [0.29, 0.717) is 12.0 Å². The summed E-state index contributed by atoms with van der Waals surface area (Å²) in [6.45, 7) is 1.49. The molecule has 0 unspecified atom stereocenters. The molecule has 86 valence electrons. The molecule has 1 aromatic carbocycles. The van der Waals surface area contributed by atoms with E-state index in [1.54, 1.807) is 30.6 Å². The number of rotatable bonds is 3. The monoisotopic (exact) mass is 227 g/mol. The van der Waals surface area contributed by atoms with Crippen LogP contribution in [0.15, 0.2) is 48.8 Å². The summed E-state index contributed by atoms with van der Waals surface area (Å²) in [5.41, 5.74) is 1.55. The summed E-state index contributed by atoms with van der Waals surface area (Å²) >= 11 is 0. The standard InChI is InChI=1S/C14H13NO2/c1-11(16)15-8-7-12(10-15)9-14(17)13-5-3-2-4-6-13/h2-8,10H,9H2,1H3. The van der Waals surface area contributed by atoms with Gasteiger partial charge in [-0.2, -0.15) is 0 Å². The van der Waals surface area contributed by atoms with Crippen molar-refractivity contribution < 1.29 is 9.59 Å². The number of carbonyl (C=O) groups excluding carboxylic acids is 2. The zero-order valence-corrected chi connectivity index (χ0v) is 9.59. The van der Waals surface area contributed by atoms with Crippen molar-refractivity contribution in [2.75, 3.05) is 0 Å². The first kappa shape index (κ1) is 11.3. The molecule has 1 heterocycles. The zero-order valence-electron chi connectivity index (χ0n) is 9.59. The maximum absolute atomic E-state index is 11.9. The molecule has 0 atom stereocenters. The van der Waals surface area contributed by atoms with Gasteiger partial charge in [0.1, 0.15) is 0 Å². The molecule has 0 spiro atoms. The minimum atomic E-state index is -0.0524. The lowest BCUT2D eigenvalue weighted by molar-refractivity contribution is 0.0934. The molecule has 17 heavy (non-hydrogen) atoms. The van der Waals surface area contributed by atoms with Crippen molar-refractivity contribution in [1.29, 1.82) is 0 Å². The first-order valence-corrected chi connectivity index (χ1v) is 5.43. The Labute approximate surface area is 99.7 Å². The van der Waals surface area contributed by atoms with Crippen molar-refractivity contribution >= 4 is 11.7 Å². The molecule has 0 saturated carbocycles. The van der Waals surface area contributed by atoms with E-state index in [0.717, 1.165) is 5.56 Å². The average Bonchev–Trinajstić information content (AvgIpc) is 2.79. The fourth-order valence-electron chi connectivity index (χ4n) is 1.65. The Morgan fingerprint density at radius 2 is 1.82 bits per heavy atom. The molecule has 0 aliphatic carbocycles. The fourth-order valence-corrected chi connectivity index (χ4v) is 1.65. The molecule has 0 N–H and O–H groups in total. The smallest absolute Gasteiger partial charge is 0.227 e. The minimum absolute atomic E-state index is 0.0524. The fraction of sp³-hybridized carbons (Fsp3) is 0.143. The highest BCUT2D eigenvalue weighted by Gasteiger charge is 2.08. The Balaban J connectivity index is 2.11. The van der Waals surface area contributed by atoms with E-state index < -0.39 is 0 Å². The van der Waals surface area contributed by atoms with E-state index in [2.05, 4.69) is 0 Å². The van der Waals surface area contributed by atoms with Gasteiger partial charge in [0.2, 0.25) is 5.91 Å². The molecule has 3 nitrogen and oxygen atoms in total.